The lowest BCUT2D eigenvalue weighted by Gasteiger charge is -2.09. The van der Waals surface area contributed by atoms with E-state index in [4.69, 9.17) is 17.3 Å². The second kappa shape index (κ2) is 8.29. The molecule has 0 aliphatic carbocycles. The number of rotatable bonds is 5. The van der Waals surface area contributed by atoms with Crippen LogP contribution in [0.15, 0.2) is 48.5 Å². The van der Waals surface area contributed by atoms with Crippen molar-refractivity contribution in [2.75, 3.05) is 17.2 Å². The third-order valence-corrected chi connectivity index (χ3v) is 3.50. The van der Waals surface area contributed by atoms with Crippen molar-refractivity contribution >= 4 is 40.9 Å². The molecule has 5 nitrogen and oxygen atoms in total. The minimum Gasteiger partial charge on any atom is -0.325 e. The number of halogens is 1. The molecule has 2 aromatic carbocycles. The second-order valence-electron chi connectivity index (χ2n) is 5.16. The highest BCUT2D eigenvalue weighted by atomic mass is 35.5. The zero-order chi connectivity index (χ0) is 17.5. The van der Waals surface area contributed by atoms with Gasteiger partial charge in [0.25, 0.3) is 0 Å². The van der Waals surface area contributed by atoms with Crippen molar-refractivity contribution < 1.29 is 9.59 Å². The molecule has 0 bridgehead atoms. The van der Waals surface area contributed by atoms with E-state index in [0.29, 0.717) is 16.4 Å². The molecule has 0 atom stereocenters. The number of carbonyl (C=O) groups excluding carboxylic acids is 2. The average molecular weight is 344 g/mol. The number of amides is 2. The molecule has 4 N–H and O–H groups in total. The molecule has 0 unspecified atom stereocenters. The fraction of sp³-hybridized carbons (Fsp3) is 0.111. The summed E-state index contributed by atoms with van der Waals surface area (Å²) in [6.07, 6.45) is 3.16. The van der Waals surface area contributed by atoms with Gasteiger partial charge in [-0.2, -0.15) is 0 Å². The van der Waals surface area contributed by atoms with Gasteiger partial charge < -0.3 is 16.4 Å². The van der Waals surface area contributed by atoms with E-state index >= 15 is 0 Å². The molecule has 0 fully saturated rings. The highest BCUT2D eigenvalue weighted by Gasteiger charge is 2.05. The molecule has 0 radical (unpaired) electrons. The van der Waals surface area contributed by atoms with E-state index in [1.807, 2.05) is 19.1 Å². The Labute approximate surface area is 145 Å². The summed E-state index contributed by atoms with van der Waals surface area (Å²) in [6, 6.07) is 12.4. The predicted octanol–water partition coefficient (Wildman–Crippen LogP) is 3.20. The van der Waals surface area contributed by atoms with Gasteiger partial charge in [0.1, 0.15) is 0 Å². The van der Waals surface area contributed by atoms with E-state index in [2.05, 4.69) is 10.6 Å². The summed E-state index contributed by atoms with van der Waals surface area (Å²) in [5.41, 5.74) is 8.28. The number of aryl methyl sites for hydroxylation is 1. The first-order chi connectivity index (χ1) is 11.5. The molecule has 0 heterocycles. The number of carbonyl (C=O) groups is 2. The summed E-state index contributed by atoms with van der Waals surface area (Å²) in [6.45, 7) is 1.77. The van der Waals surface area contributed by atoms with Crippen LogP contribution in [0.3, 0.4) is 0 Å². The van der Waals surface area contributed by atoms with E-state index in [1.54, 1.807) is 36.4 Å². The number of hydrogen-bond acceptors (Lipinski definition) is 3. The summed E-state index contributed by atoms with van der Waals surface area (Å²) >= 11 is 5.82. The zero-order valence-electron chi connectivity index (χ0n) is 13.2. The highest BCUT2D eigenvalue weighted by molar-refractivity contribution is 6.30. The van der Waals surface area contributed by atoms with Gasteiger partial charge in [-0.1, -0.05) is 23.7 Å². The first-order valence-corrected chi connectivity index (χ1v) is 7.71. The summed E-state index contributed by atoms with van der Waals surface area (Å²) < 4.78 is 0. The first kappa shape index (κ1) is 17.7. The van der Waals surface area contributed by atoms with Crippen molar-refractivity contribution in [3.8, 4) is 0 Å². The Morgan fingerprint density at radius 2 is 1.83 bits per heavy atom. The minimum absolute atomic E-state index is 0.0764. The quantitative estimate of drug-likeness (QED) is 0.729. The summed E-state index contributed by atoms with van der Waals surface area (Å²) in [5.74, 6) is -0.510. The minimum atomic E-state index is -0.267. The summed E-state index contributed by atoms with van der Waals surface area (Å²) in [5, 5.41) is 6.11. The Balaban J connectivity index is 2.00. The maximum absolute atomic E-state index is 12.0. The van der Waals surface area contributed by atoms with Crippen molar-refractivity contribution in [1.29, 1.82) is 0 Å². The van der Waals surface area contributed by atoms with E-state index in [9.17, 15) is 9.59 Å². The van der Waals surface area contributed by atoms with Gasteiger partial charge in [0.15, 0.2) is 0 Å². The largest absolute Gasteiger partial charge is 0.325 e. The lowest BCUT2D eigenvalue weighted by atomic mass is 10.1. The van der Waals surface area contributed by atoms with E-state index in [-0.39, 0.29) is 18.4 Å². The smallest absolute Gasteiger partial charge is 0.248 e. The third kappa shape index (κ3) is 5.22. The van der Waals surface area contributed by atoms with E-state index in [1.165, 1.54) is 6.08 Å². The third-order valence-electron chi connectivity index (χ3n) is 3.25. The molecular weight excluding hydrogens is 326 g/mol. The molecule has 2 aromatic rings. The van der Waals surface area contributed by atoms with Crippen molar-refractivity contribution in [2.45, 2.75) is 6.92 Å². The molecule has 124 valence electrons. The van der Waals surface area contributed by atoms with Crippen LogP contribution in [0.25, 0.3) is 6.08 Å². The Morgan fingerprint density at radius 3 is 2.46 bits per heavy atom. The highest BCUT2D eigenvalue weighted by Crippen LogP contribution is 2.20. The van der Waals surface area contributed by atoms with Crippen LogP contribution in [0, 0.1) is 6.92 Å². The van der Waals surface area contributed by atoms with Crippen LogP contribution < -0.4 is 16.4 Å². The van der Waals surface area contributed by atoms with Crippen LogP contribution in [0.1, 0.15) is 11.1 Å². The summed E-state index contributed by atoms with van der Waals surface area (Å²) in [7, 11) is 0. The lowest BCUT2D eigenvalue weighted by Crippen LogP contribution is -2.21. The van der Waals surface area contributed by atoms with E-state index < -0.39 is 0 Å². The van der Waals surface area contributed by atoms with Crippen molar-refractivity contribution in [3.05, 3.63) is 64.7 Å². The molecular formula is C18H18ClN3O2. The number of nitrogens with one attached hydrogen (secondary N) is 2. The molecule has 0 aromatic heterocycles. The van der Waals surface area contributed by atoms with Gasteiger partial charge >= 0.3 is 0 Å². The van der Waals surface area contributed by atoms with Crippen LogP contribution >= 0.6 is 11.6 Å². The Bertz CT molecular complexity index is 770. The van der Waals surface area contributed by atoms with Crippen molar-refractivity contribution in [1.82, 2.24) is 0 Å². The fourth-order valence-electron chi connectivity index (χ4n) is 2.01. The number of hydrogen-bond donors (Lipinski definition) is 3. The van der Waals surface area contributed by atoms with Gasteiger partial charge in [0.2, 0.25) is 11.8 Å². The predicted molar refractivity (Wildman–Crippen MR) is 98.0 cm³/mol. The van der Waals surface area contributed by atoms with Crippen molar-refractivity contribution in [2.24, 2.45) is 5.73 Å². The van der Waals surface area contributed by atoms with Gasteiger partial charge in [-0.25, -0.2) is 0 Å². The topological polar surface area (TPSA) is 84.2 Å². The van der Waals surface area contributed by atoms with Gasteiger partial charge in [-0.15, -0.1) is 0 Å². The molecule has 0 aliphatic rings. The van der Waals surface area contributed by atoms with Crippen LogP contribution in [0.2, 0.25) is 5.02 Å². The Hall–Kier alpha value is -2.63. The SMILES string of the molecule is Cc1cc(NC(=O)CN)ccc1NC(=O)/C=C/c1ccc(Cl)cc1. The van der Waals surface area contributed by atoms with Crippen LogP contribution in [0.5, 0.6) is 0 Å². The normalized spacial score (nSPS) is 10.6. The lowest BCUT2D eigenvalue weighted by molar-refractivity contribution is -0.115. The Morgan fingerprint density at radius 1 is 1.12 bits per heavy atom. The van der Waals surface area contributed by atoms with Crippen molar-refractivity contribution in [3.63, 3.8) is 0 Å². The fourth-order valence-corrected chi connectivity index (χ4v) is 2.14. The molecule has 24 heavy (non-hydrogen) atoms. The van der Waals surface area contributed by atoms with Gasteiger partial charge in [0, 0.05) is 22.5 Å². The molecule has 2 rings (SSSR count). The average Bonchev–Trinajstić information content (AvgIpc) is 2.56. The molecule has 0 spiro atoms. The molecule has 0 saturated heterocycles. The first-order valence-electron chi connectivity index (χ1n) is 7.33. The maximum atomic E-state index is 12.0. The van der Waals surface area contributed by atoms with Gasteiger partial charge in [-0.3, -0.25) is 9.59 Å². The van der Waals surface area contributed by atoms with Gasteiger partial charge in [0.05, 0.1) is 6.54 Å². The van der Waals surface area contributed by atoms with Gasteiger partial charge in [-0.05, 0) is 54.5 Å². The van der Waals surface area contributed by atoms with Crippen LogP contribution in [-0.2, 0) is 9.59 Å². The van der Waals surface area contributed by atoms with E-state index in [0.717, 1.165) is 11.1 Å². The molecule has 6 heteroatoms. The Kier molecular flexibility index (Phi) is 6.12. The summed E-state index contributed by atoms with van der Waals surface area (Å²) in [4.78, 5) is 23.3. The zero-order valence-corrected chi connectivity index (χ0v) is 13.9. The second-order valence-corrected chi connectivity index (χ2v) is 5.59. The van der Waals surface area contributed by atoms with Crippen LogP contribution in [-0.4, -0.2) is 18.4 Å². The van der Waals surface area contributed by atoms with Crippen LogP contribution in [0.4, 0.5) is 11.4 Å². The molecule has 0 aliphatic heterocycles. The maximum Gasteiger partial charge on any atom is 0.248 e. The monoisotopic (exact) mass is 343 g/mol. The number of benzene rings is 2. The number of anilines is 2. The molecule has 0 saturated carbocycles. The molecule has 2 amide bonds. The standard InChI is InChI=1S/C18H18ClN3O2/c1-12-10-15(21-18(24)11-20)7-8-16(12)22-17(23)9-4-13-2-5-14(19)6-3-13/h2-10H,11,20H2,1H3,(H,21,24)(H,22,23)/b9-4+. The number of nitrogens with two attached hydrogens (primary N) is 1.